The lowest BCUT2D eigenvalue weighted by molar-refractivity contribution is 0.184. The first-order valence-electron chi connectivity index (χ1n) is 6.02. The van der Waals surface area contributed by atoms with Crippen LogP contribution < -0.4 is 15.2 Å². The summed E-state index contributed by atoms with van der Waals surface area (Å²) < 4.78 is 10.5. The number of rotatable bonds is 4. The number of aromatic nitrogens is 3. The maximum atomic E-state index is 5.58. The van der Waals surface area contributed by atoms with Gasteiger partial charge in [0, 0.05) is 0 Å². The number of nitrogens with two attached hydrogens (primary N) is 1. The quantitative estimate of drug-likeness (QED) is 0.814. The Morgan fingerprint density at radius 2 is 1.94 bits per heavy atom. The largest absolute Gasteiger partial charge is 0.467 e. The van der Waals surface area contributed by atoms with E-state index in [1.165, 1.54) is 7.11 Å². The summed E-state index contributed by atoms with van der Waals surface area (Å²) in [7, 11) is 1.48. The Morgan fingerprint density at radius 3 is 2.67 bits per heavy atom. The fourth-order valence-corrected chi connectivity index (χ4v) is 1.93. The second-order valence-corrected chi connectivity index (χ2v) is 4.45. The van der Waals surface area contributed by atoms with Crippen molar-refractivity contribution < 1.29 is 9.47 Å². The van der Waals surface area contributed by atoms with Gasteiger partial charge in [0.25, 0.3) is 0 Å². The fourth-order valence-electron chi connectivity index (χ4n) is 1.93. The van der Waals surface area contributed by atoms with Gasteiger partial charge in [0.05, 0.1) is 13.7 Å². The maximum absolute atomic E-state index is 5.58. The van der Waals surface area contributed by atoms with Crippen LogP contribution in [0.4, 0.5) is 5.95 Å². The molecular formula is C12H18N4O2. The normalized spacial score (nSPS) is 22.8. The SMILES string of the molecule is COc1nc(N)nc(OCC2CC=CCC2C)n1. The minimum Gasteiger partial charge on any atom is -0.467 e. The van der Waals surface area contributed by atoms with Crippen LogP contribution in [0, 0.1) is 11.8 Å². The van der Waals surface area contributed by atoms with Crippen molar-refractivity contribution in [3.63, 3.8) is 0 Å². The van der Waals surface area contributed by atoms with Crippen LogP contribution in [0.25, 0.3) is 0 Å². The number of hydrogen-bond donors (Lipinski definition) is 1. The number of nitrogens with zero attached hydrogens (tertiary/aromatic N) is 3. The van der Waals surface area contributed by atoms with E-state index in [4.69, 9.17) is 15.2 Å². The summed E-state index contributed by atoms with van der Waals surface area (Å²) in [5.41, 5.74) is 5.54. The molecule has 1 aliphatic rings. The zero-order valence-electron chi connectivity index (χ0n) is 10.7. The van der Waals surface area contributed by atoms with Gasteiger partial charge in [0.15, 0.2) is 0 Å². The Morgan fingerprint density at radius 1 is 1.22 bits per heavy atom. The van der Waals surface area contributed by atoms with Crippen molar-refractivity contribution in [2.45, 2.75) is 19.8 Å². The number of hydrogen-bond acceptors (Lipinski definition) is 6. The summed E-state index contributed by atoms with van der Waals surface area (Å²) >= 11 is 0. The van der Waals surface area contributed by atoms with Crippen LogP contribution in [0.1, 0.15) is 19.8 Å². The molecule has 1 aromatic heterocycles. The molecule has 0 aliphatic heterocycles. The zero-order chi connectivity index (χ0) is 13.0. The third kappa shape index (κ3) is 3.09. The predicted octanol–water partition coefficient (Wildman–Crippen LogP) is 1.44. The molecule has 2 N–H and O–H groups in total. The second-order valence-electron chi connectivity index (χ2n) is 4.45. The molecule has 0 radical (unpaired) electrons. The fraction of sp³-hybridized carbons (Fsp3) is 0.583. The standard InChI is InChI=1S/C12H18N4O2/c1-8-5-3-4-6-9(8)7-18-12-15-10(13)14-11(16-12)17-2/h3-4,8-9H,5-7H2,1-2H3,(H2,13,14,15,16). The number of ether oxygens (including phenoxy) is 2. The van der Waals surface area contributed by atoms with Crippen molar-refractivity contribution in [1.82, 2.24) is 15.0 Å². The molecule has 0 fully saturated rings. The van der Waals surface area contributed by atoms with Crippen molar-refractivity contribution in [3.05, 3.63) is 12.2 Å². The van der Waals surface area contributed by atoms with Crippen LogP contribution in [0.3, 0.4) is 0 Å². The first kappa shape index (κ1) is 12.6. The lowest BCUT2D eigenvalue weighted by atomic mass is 9.85. The minimum atomic E-state index is 0.105. The van der Waals surface area contributed by atoms with Gasteiger partial charge >= 0.3 is 12.0 Å². The van der Waals surface area contributed by atoms with Gasteiger partial charge in [0.2, 0.25) is 5.95 Å². The highest BCUT2D eigenvalue weighted by Crippen LogP contribution is 2.25. The first-order chi connectivity index (χ1) is 8.69. The molecule has 0 aromatic carbocycles. The molecule has 0 saturated heterocycles. The molecule has 2 atom stereocenters. The van der Waals surface area contributed by atoms with Crippen molar-refractivity contribution >= 4 is 5.95 Å². The van der Waals surface area contributed by atoms with Crippen molar-refractivity contribution in [2.75, 3.05) is 19.5 Å². The van der Waals surface area contributed by atoms with Crippen molar-refractivity contribution in [2.24, 2.45) is 11.8 Å². The Kier molecular flexibility index (Phi) is 3.96. The third-order valence-corrected chi connectivity index (χ3v) is 3.14. The molecule has 2 unspecified atom stereocenters. The molecule has 18 heavy (non-hydrogen) atoms. The van der Waals surface area contributed by atoms with E-state index in [9.17, 15) is 0 Å². The van der Waals surface area contributed by atoms with Crippen LogP contribution in [0.5, 0.6) is 12.0 Å². The van der Waals surface area contributed by atoms with Gasteiger partial charge < -0.3 is 15.2 Å². The van der Waals surface area contributed by atoms with Gasteiger partial charge in [-0.3, -0.25) is 0 Å². The van der Waals surface area contributed by atoms with E-state index < -0.39 is 0 Å². The van der Waals surface area contributed by atoms with E-state index in [1.807, 2.05) is 0 Å². The van der Waals surface area contributed by atoms with Crippen molar-refractivity contribution in [1.29, 1.82) is 0 Å². The second kappa shape index (κ2) is 5.66. The Balaban J connectivity index is 1.97. The molecule has 0 bridgehead atoms. The predicted molar refractivity (Wildman–Crippen MR) is 67.3 cm³/mol. The molecule has 2 rings (SSSR count). The Labute approximate surface area is 106 Å². The van der Waals surface area contributed by atoms with E-state index in [0.717, 1.165) is 12.8 Å². The number of allylic oxidation sites excluding steroid dienone is 2. The summed E-state index contributed by atoms with van der Waals surface area (Å²) in [5.74, 6) is 1.20. The van der Waals surface area contributed by atoms with Gasteiger partial charge in [-0.05, 0) is 24.7 Å². The van der Waals surface area contributed by atoms with Gasteiger partial charge in [-0.15, -0.1) is 4.98 Å². The van der Waals surface area contributed by atoms with Crippen LogP contribution in [0.15, 0.2) is 12.2 Å². The van der Waals surface area contributed by atoms with Gasteiger partial charge in [0.1, 0.15) is 0 Å². The zero-order valence-corrected chi connectivity index (χ0v) is 10.7. The van der Waals surface area contributed by atoms with Crippen LogP contribution in [-0.2, 0) is 0 Å². The Bertz CT molecular complexity index is 436. The molecule has 98 valence electrons. The summed E-state index contributed by atoms with van der Waals surface area (Å²) in [4.78, 5) is 11.7. The molecule has 6 heteroatoms. The summed E-state index contributed by atoms with van der Waals surface area (Å²) in [6, 6.07) is 0.398. The maximum Gasteiger partial charge on any atom is 0.324 e. The summed E-state index contributed by atoms with van der Waals surface area (Å²) in [6.45, 7) is 2.80. The lowest BCUT2D eigenvalue weighted by Gasteiger charge is -2.24. The molecular weight excluding hydrogens is 232 g/mol. The third-order valence-electron chi connectivity index (χ3n) is 3.14. The molecule has 0 spiro atoms. The highest BCUT2D eigenvalue weighted by atomic mass is 16.5. The van der Waals surface area contributed by atoms with E-state index >= 15 is 0 Å². The molecule has 1 aromatic rings. The minimum absolute atomic E-state index is 0.105. The average molecular weight is 250 g/mol. The smallest absolute Gasteiger partial charge is 0.324 e. The number of nitrogen functional groups attached to an aromatic ring is 1. The van der Waals surface area contributed by atoms with Crippen LogP contribution in [0.2, 0.25) is 0 Å². The van der Waals surface area contributed by atoms with E-state index in [1.54, 1.807) is 0 Å². The summed E-state index contributed by atoms with van der Waals surface area (Å²) in [5, 5.41) is 0. The van der Waals surface area contributed by atoms with Gasteiger partial charge in [-0.1, -0.05) is 19.1 Å². The van der Waals surface area contributed by atoms with Gasteiger partial charge in [-0.25, -0.2) is 0 Å². The van der Waals surface area contributed by atoms with Crippen molar-refractivity contribution in [3.8, 4) is 12.0 Å². The highest BCUT2D eigenvalue weighted by molar-refractivity contribution is 5.20. The number of anilines is 1. The first-order valence-corrected chi connectivity index (χ1v) is 6.02. The molecule has 1 heterocycles. The van der Waals surface area contributed by atoms with Crippen LogP contribution >= 0.6 is 0 Å². The average Bonchev–Trinajstić information content (AvgIpc) is 2.37. The highest BCUT2D eigenvalue weighted by Gasteiger charge is 2.19. The van der Waals surface area contributed by atoms with E-state index in [2.05, 4.69) is 34.0 Å². The molecule has 0 saturated carbocycles. The Hall–Kier alpha value is -1.85. The monoisotopic (exact) mass is 250 g/mol. The molecule has 1 aliphatic carbocycles. The van der Waals surface area contributed by atoms with E-state index in [0.29, 0.717) is 18.4 Å². The van der Waals surface area contributed by atoms with E-state index in [-0.39, 0.29) is 18.0 Å². The molecule has 0 amide bonds. The lowest BCUT2D eigenvalue weighted by Crippen LogP contribution is -2.22. The van der Waals surface area contributed by atoms with Gasteiger partial charge in [-0.2, -0.15) is 9.97 Å². The topological polar surface area (TPSA) is 83.2 Å². The summed E-state index contributed by atoms with van der Waals surface area (Å²) in [6.07, 6.45) is 6.52. The van der Waals surface area contributed by atoms with Crippen LogP contribution in [-0.4, -0.2) is 28.7 Å². The molecule has 6 nitrogen and oxygen atoms in total. The number of methoxy groups -OCH3 is 1.